The molecule has 0 saturated heterocycles. The van der Waals surface area contributed by atoms with Crippen molar-refractivity contribution >= 4 is 29.1 Å². The number of hydrogen-bond acceptors (Lipinski definition) is 1. The number of amides is 1. The fourth-order valence-corrected chi connectivity index (χ4v) is 2.82. The van der Waals surface area contributed by atoms with Gasteiger partial charge >= 0.3 is 0 Å². The molecule has 0 spiro atoms. The summed E-state index contributed by atoms with van der Waals surface area (Å²) < 4.78 is 0. The van der Waals surface area contributed by atoms with E-state index in [4.69, 9.17) is 23.2 Å². The molecule has 0 heterocycles. The molecule has 2 bridgehead atoms. The Bertz CT molecular complexity index is 277. The van der Waals surface area contributed by atoms with Gasteiger partial charge in [-0.05, 0) is 24.7 Å². The van der Waals surface area contributed by atoms with Gasteiger partial charge in [-0.2, -0.15) is 0 Å². The Kier molecular flexibility index (Phi) is 2.76. The van der Waals surface area contributed by atoms with Gasteiger partial charge in [0.25, 0.3) is 5.91 Å². The molecule has 2 nitrogen and oxygen atoms in total. The molecule has 0 unspecified atom stereocenters. The fourth-order valence-electron chi connectivity index (χ4n) is 2.51. The van der Waals surface area contributed by atoms with E-state index in [1.165, 1.54) is 6.42 Å². The molecule has 0 aromatic heterocycles. The second-order valence-electron chi connectivity index (χ2n) is 4.10. The summed E-state index contributed by atoms with van der Waals surface area (Å²) in [6, 6.07) is 0.303. The monoisotopic (exact) mass is 233 g/mol. The van der Waals surface area contributed by atoms with E-state index in [0.29, 0.717) is 17.9 Å². The highest BCUT2D eigenvalue weighted by molar-refractivity contribution is 6.53. The smallest absolute Gasteiger partial charge is 0.255 e. The molecular formula is C10H13Cl2NO. The molecule has 1 saturated carbocycles. The third kappa shape index (κ3) is 1.66. The van der Waals surface area contributed by atoms with Crippen molar-refractivity contribution < 1.29 is 4.79 Å². The number of nitrogens with zero attached hydrogens (tertiary/aromatic N) is 1. The third-order valence-corrected chi connectivity index (χ3v) is 3.65. The summed E-state index contributed by atoms with van der Waals surface area (Å²) in [6.45, 7) is 0. The number of alkyl halides is 2. The Morgan fingerprint density at radius 2 is 2.14 bits per heavy atom. The van der Waals surface area contributed by atoms with Crippen molar-refractivity contribution in [3.8, 4) is 0 Å². The van der Waals surface area contributed by atoms with E-state index < -0.39 is 4.84 Å². The van der Waals surface area contributed by atoms with E-state index in [9.17, 15) is 4.79 Å². The van der Waals surface area contributed by atoms with E-state index in [-0.39, 0.29) is 5.91 Å². The van der Waals surface area contributed by atoms with Crippen LogP contribution in [0.2, 0.25) is 0 Å². The molecule has 2 aliphatic carbocycles. The van der Waals surface area contributed by atoms with Crippen molar-refractivity contribution in [2.45, 2.75) is 23.7 Å². The summed E-state index contributed by atoms with van der Waals surface area (Å²) in [4.78, 5) is 12.3. The summed E-state index contributed by atoms with van der Waals surface area (Å²) in [5.41, 5.74) is 0. The third-order valence-electron chi connectivity index (χ3n) is 3.28. The van der Waals surface area contributed by atoms with Gasteiger partial charge in [0.2, 0.25) is 0 Å². The van der Waals surface area contributed by atoms with Crippen LogP contribution in [-0.2, 0) is 4.79 Å². The minimum Gasteiger partial charge on any atom is -0.340 e. The lowest BCUT2D eigenvalue weighted by Gasteiger charge is -2.29. The van der Waals surface area contributed by atoms with Crippen molar-refractivity contribution in [2.75, 3.05) is 7.05 Å². The first-order valence-corrected chi connectivity index (χ1v) is 5.70. The lowest BCUT2D eigenvalue weighted by Crippen LogP contribution is -2.42. The largest absolute Gasteiger partial charge is 0.340 e. The van der Waals surface area contributed by atoms with Crippen LogP contribution >= 0.6 is 23.2 Å². The first-order chi connectivity index (χ1) is 6.59. The molecule has 2 aliphatic rings. The van der Waals surface area contributed by atoms with Crippen molar-refractivity contribution in [3.63, 3.8) is 0 Å². The second kappa shape index (κ2) is 3.74. The Morgan fingerprint density at radius 3 is 2.57 bits per heavy atom. The molecule has 0 aliphatic heterocycles. The normalized spacial score (nSPS) is 34.1. The lowest BCUT2D eigenvalue weighted by atomic mass is 10.0. The molecule has 78 valence electrons. The van der Waals surface area contributed by atoms with E-state index in [1.54, 1.807) is 11.9 Å². The van der Waals surface area contributed by atoms with Crippen molar-refractivity contribution in [1.29, 1.82) is 0 Å². The lowest BCUT2D eigenvalue weighted by molar-refractivity contribution is -0.130. The first kappa shape index (κ1) is 10.3. The number of allylic oxidation sites excluding steroid dienone is 1. The van der Waals surface area contributed by atoms with E-state index >= 15 is 0 Å². The fraction of sp³-hybridized carbons (Fsp3) is 0.700. The maximum Gasteiger partial charge on any atom is 0.255 e. The minimum absolute atomic E-state index is 0.181. The maximum atomic E-state index is 11.5. The molecular weight excluding hydrogens is 221 g/mol. The van der Waals surface area contributed by atoms with E-state index in [1.807, 2.05) is 0 Å². The van der Waals surface area contributed by atoms with Crippen molar-refractivity contribution in [1.82, 2.24) is 4.90 Å². The SMILES string of the molecule is CN(C(=O)C(Cl)Cl)[C@@H]1C[C@H]2C=C[C@H]1C2. The van der Waals surface area contributed by atoms with Crippen LogP contribution in [0.5, 0.6) is 0 Å². The van der Waals surface area contributed by atoms with E-state index in [2.05, 4.69) is 12.2 Å². The van der Waals surface area contributed by atoms with Gasteiger partial charge in [0.1, 0.15) is 0 Å². The summed E-state index contributed by atoms with van der Waals surface area (Å²) in [7, 11) is 1.79. The number of halogens is 2. The minimum atomic E-state index is -0.928. The van der Waals surface area contributed by atoms with Crippen LogP contribution in [-0.4, -0.2) is 28.7 Å². The predicted octanol–water partition coefficient (Wildman–Crippen LogP) is 2.21. The molecule has 0 radical (unpaired) electrons. The number of fused-ring (bicyclic) bond motifs is 2. The number of carbonyl (C=O) groups excluding carboxylic acids is 1. The number of carbonyl (C=O) groups is 1. The number of rotatable bonds is 2. The van der Waals surface area contributed by atoms with Crippen LogP contribution in [0.4, 0.5) is 0 Å². The average Bonchev–Trinajstić information content (AvgIpc) is 2.76. The van der Waals surface area contributed by atoms with Gasteiger partial charge < -0.3 is 4.90 Å². The summed E-state index contributed by atoms with van der Waals surface area (Å²) in [6.07, 6.45) is 6.69. The molecule has 2 rings (SSSR count). The van der Waals surface area contributed by atoms with Gasteiger partial charge in [-0.15, -0.1) is 0 Å². The number of hydrogen-bond donors (Lipinski definition) is 0. The second-order valence-corrected chi connectivity index (χ2v) is 5.19. The molecule has 4 heteroatoms. The molecule has 1 fully saturated rings. The van der Waals surface area contributed by atoms with Gasteiger partial charge in [0, 0.05) is 13.1 Å². The van der Waals surface area contributed by atoms with Crippen LogP contribution in [0.15, 0.2) is 12.2 Å². The van der Waals surface area contributed by atoms with Gasteiger partial charge in [-0.3, -0.25) is 4.79 Å². The summed E-state index contributed by atoms with van der Waals surface area (Å²) >= 11 is 11.1. The molecule has 1 amide bonds. The Morgan fingerprint density at radius 1 is 1.43 bits per heavy atom. The van der Waals surface area contributed by atoms with Crippen LogP contribution in [0, 0.1) is 11.8 Å². The standard InChI is InChI=1S/C10H13Cl2NO/c1-13(10(14)9(11)12)8-5-6-2-3-7(8)4-6/h2-3,6-9H,4-5H2,1H3/t6-,7-,8+/m0/s1. The van der Waals surface area contributed by atoms with E-state index in [0.717, 1.165) is 6.42 Å². The highest BCUT2D eigenvalue weighted by Crippen LogP contribution is 2.41. The molecule has 0 aromatic carbocycles. The zero-order valence-electron chi connectivity index (χ0n) is 7.99. The quantitative estimate of drug-likeness (QED) is 0.530. The van der Waals surface area contributed by atoms with Gasteiger partial charge in [0.05, 0.1) is 0 Å². The van der Waals surface area contributed by atoms with Crippen LogP contribution in [0.25, 0.3) is 0 Å². The Hall–Kier alpha value is -0.210. The maximum absolute atomic E-state index is 11.5. The van der Waals surface area contributed by atoms with Crippen molar-refractivity contribution in [2.24, 2.45) is 11.8 Å². The molecule has 0 aromatic rings. The van der Waals surface area contributed by atoms with Crippen LogP contribution in [0.1, 0.15) is 12.8 Å². The van der Waals surface area contributed by atoms with Crippen molar-refractivity contribution in [3.05, 3.63) is 12.2 Å². The summed E-state index contributed by atoms with van der Waals surface area (Å²) in [5.74, 6) is 0.990. The van der Waals surface area contributed by atoms with Crippen LogP contribution in [0.3, 0.4) is 0 Å². The summed E-state index contributed by atoms with van der Waals surface area (Å²) in [5, 5.41) is 0. The predicted molar refractivity (Wildman–Crippen MR) is 57.4 cm³/mol. The zero-order valence-corrected chi connectivity index (χ0v) is 9.50. The Balaban J connectivity index is 2.03. The van der Waals surface area contributed by atoms with Crippen LogP contribution < -0.4 is 0 Å². The topological polar surface area (TPSA) is 20.3 Å². The highest BCUT2D eigenvalue weighted by Gasteiger charge is 2.40. The van der Waals surface area contributed by atoms with Gasteiger partial charge in [-0.1, -0.05) is 35.4 Å². The molecule has 3 atom stereocenters. The Labute approximate surface area is 93.9 Å². The highest BCUT2D eigenvalue weighted by atomic mass is 35.5. The van der Waals surface area contributed by atoms with Gasteiger partial charge in [0.15, 0.2) is 4.84 Å². The average molecular weight is 234 g/mol. The first-order valence-electron chi connectivity index (χ1n) is 4.82. The van der Waals surface area contributed by atoms with Gasteiger partial charge in [-0.25, -0.2) is 0 Å². The zero-order chi connectivity index (χ0) is 10.3. The molecule has 14 heavy (non-hydrogen) atoms. The molecule has 0 N–H and O–H groups in total.